The maximum absolute atomic E-state index is 10.9. The molecule has 4 N–H and O–H groups in total. The van der Waals surface area contributed by atoms with Gasteiger partial charge in [-0.1, -0.05) is 15.9 Å². The molecule has 0 bridgehead atoms. The van der Waals surface area contributed by atoms with Crippen molar-refractivity contribution in [2.24, 2.45) is 11.7 Å². The van der Waals surface area contributed by atoms with Crippen molar-refractivity contribution in [2.75, 3.05) is 0 Å². The summed E-state index contributed by atoms with van der Waals surface area (Å²) in [6.45, 7) is 0. The second-order valence-corrected chi connectivity index (χ2v) is 4.88. The molecule has 1 aromatic carbocycles. The van der Waals surface area contributed by atoms with Crippen molar-refractivity contribution in [1.82, 2.24) is 0 Å². The molecule has 1 atom stereocenters. The fraction of sp³-hybridized carbons (Fsp3) is 0.364. The predicted octanol–water partition coefficient (Wildman–Crippen LogP) is 2.68. The fourth-order valence-electron chi connectivity index (χ4n) is 1.76. The Labute approximate surface area is 113 Å². The first-order chi connectivity index (χ1) is 7.52. The summed E-state index contributed by atoms with van der Waals surface area (Å²) in [6, 6.07) is 2.68. The van der Waals surface area contributed by atoms with Crippen LogP contribution in [0.1, 0.15) is 34.8 Å². The zero-order valence-electron chi connectivity index (χ0n) is 8.89. The van der Waals surface area contributed by atoms with E-state index in [0.717, 1.165) is 12.8 Å². The summed E-state index contributed by atoms with van der Waals surface area (Å²) >= 11 is 3.29. The fourth-order valence-corrected chi connectivity index (χ4v) is 2.35. The molecule has 94 valence electrons. The van der Waals surface area contributed by atoms with Crippen LogP contribution in [0.3, 0.4) is 0 Å². The van der Waals surface area contributed by atoms with Crippen LogP contribution in [0.25, 0.3) is 0 Å². The average Bonchev–Trinajstić information content (AvgIpc) is 2.99. The summed E-state index contributed by atoms with van der Waals surface area (Å²) in [5.41, 5.74) is 6.39. The van der Waals surface area contributed by atoms with Gasteiger partial charge in [0.2, 0.25) is 0 Å². The molecule has 0 aliphatic heterocycles. The molecule has 1 fully saturated rings. The molecular formula is C11H13BrClNO3. The summed E-state index contributed by atoms with van der Waals surface area (Å²) < 4.78 is 0.661. The third-order valence-corrected chi connectivity index (χ3v) is 3.55. The van der Waals surface area contributed by atoms with Crippen LogP contribution in [-0.4, -0.2) is 16.2 Å². The molecule has 0 saturated heterocycles. The molecule has 1 aliphatic rings. The van der Waals surface area contributed by atoms with E-state index in [1.165, 1.54) is 6.07 Å². The third-order valence-electron chi connectivity index (χ3n) is 2.86. The van der Waals surface area contributed by atoms with E-state index in [-0.39, 0.29) is 29.8 Å². The van der Waals surface area contributed by atoms with Crippen LogP contribution in [0.2, 0.25) is 0 Å². The second-order valence-electron chi connectivity index (χ2n) is 4.03. The van der Waals surface area contributed by atoms with Gasteiger partial charge in [-0.3, -0.25) is 0 Å². The number of hydrogen-bond donors (Lipinski definition) is 3. The molecule has 0 amide bonds. The van der Waals surface area contributed by atoms with E-state index in [4.69, 9.17) is 10.8 Å². The lowest BCUT2D eigenvalue weighted by Crippen LogP contribution is -2.14. The highest BCUT2D eigenvalue weighted by Gasteiger charge is 2.33. The third kappa shape index (κ3) is 2.73. The Hall–Kier alpha value is -0.780. The number of carboxylic acid groups (broad SMARTS) is 1. The lowest BCUT2D eigenvalue weighted by atomic mass is 9.99. The number of hydrogen-bond acceptors (Lipinski definition) is 3. The van der Waals surface area contributed by atoms with Crippen LogP contribution in [0.15, 0.2) is 16.6 Å². The predicted molar refractivity (Wildman–Crippen MR) is 69.7 cm³/mol. The first kappa shape index (κ1) is 14.3. The molecule has 1 saturated carbocycles. The van der Waals surface area contributed by atoms with Gasteiger partial charge in [0.15, 0.2) is 0 Å². The number of aromatic hydroxyl groups is 1. The molecule has 0 aromatic heterocycles. The van der Waals surface area contributed by atoms with E-state index in [9.17, 15) is 9.90 Å². The molecule has 17 heavy (non-hydrogen) atoms. The van der Waals surface area contributed by atoms with Gasteiger partial charge in [-0.25, -0.2) is 4.79 Å². The number of phenols is 1. The van der Waals surface area contributed by atoms with Gasteiger partial charge in [0.1, 0.15) is 11.3 Å². The summed E-state index contributed by atoms with van der Waals surface area (Å²) in [5, 5.41) is 18.8. The van der Waals surface area contributed by atoms with Crippen LogP contribution in [0, 0.1) is 5.92 Å². The van der Waals surface area contributed by atoms with Crippen molar-refractivity contribution in [3.63, 3.8) is 0 Å². The van der Waals surface area contributed by atoms with Crippen LogP contribution in [0.4, 0.5) is 0 Å². The Morgan fingerprint density at radius 2 is 2.06 bits per heavy atom. The van der Waals surface area contributed by atoms with E-state index >= 15 is 0 Å². The SMILES string of the molecule is Cl.N[C@H](c1c(Br)ccc(C(=O)O)c1O)C1CC1. The quantitative estimate of drug-likeness (QED) is 0.799. The number of nitrogens with two attached hydrogens (primary N) is 1. The zero-order valence-corrected chi connectivity index (χ0v) is 11.3. The molecular weight excluding hydrogens is 309 g/mol. The van der Waals surface area contributed by atoms with Crippen molar-refractivity contribution in [2.45, 2.75) is 18.9 Å². The van der Waals surface area contributed by atoms with Crippen molar-refractivity contribution < 1.29 is 15.0 Å². The van der Waals surface area contributed by atoms with Crippen LogP contribution >= 0.6 is 28.3 Å². The highest BCUT2D eigenvalue weighted by molar-refractivity contribution is 9.10. The first-order valence-electron chi connectivity index (χ1n) is 5.02. The number of halogens is 2. The Morgan fingerprint density at radius 3 is 2.53 bits per heavy atom. The second kappa shape index (κ2) is 5.25. The molecule has 0 radical (unpaired) electrons. The molecule has 0 spiro atoms. The normalized spacial score (nSPS) is 16.1. The summed E-state index contributed by atoms with van der Waals surface area (Å²) in [4.78, 5) is 10.9. The van der Waals surface area contributed by atoms with Gasteiger partial charge in [0.25, 0.3) is 0 Å². The molecule has 6 heteroatoms. The van der Waals surface area contributed by atoms with Crippen molar-refractivity contribution in [3.8, 4) is 5.75 Å². The average molecular weight is 323 g/mol. The number of carbonyl (C=O) groups is 1. The molecule has 4 nitrogen and oxygen atoms in total. The van der Waals surface area contributed by atoms with E-state index in [0.29, 0.717) is 16.0 Å². The number of carboxylic acids is 1. The van der Waals surface area contributed by atoms with E-state index in [2.05, 4.69) is 15.9 Å². The van der Waals surface area contributed by atoms with Gasteiger partial charge in [0, 0.05) is 16.1 Å². The summed E-state index contributed by atoms with van der Waals surface area (Å²) in [6.07, 6.45) is 2.06. The van der Waals surface area contributed by atoms with Gasteiger partial charge < -0.3 is 15.9 Å². The maximum atomic E-state index is 10.9. The van der Waals surface area contributed by atoms with Crippen LogP contribution in [0.5, 0.6) is 5.75 Å². The van der Waals surface area contributed by atoms with Crippen LogP contribution in [-0.2, 0) is 0 Å². The van der Waals surface area contributed by atoms with Gasteiger partial charge in [-0.05, 0) is 30.9 Å². The number of rotatable bonds is 3. The standard InChI is InChI=1S/C11H12BrNO3.ClH/c12-7-4-3-6(11(15)16)10(14)8(7)9(13)5-1-2-5;/h3-5,9,14H,1-2,13H2,(H,15,16);1H/t9-;/m0./s1. The molecule has 1 aliphatic carbocycles. The van der Waals surface area contributed by atoms with Gasteiger partial charge >= 0.3 is 5.97 Å². The maximum Gasteiger partial charge on any atom is 0.339 e. The van der Waals surface area contributed by atoms with E-state index < -0.39 is 5.97 Å². The highest BCUT2D eigenvalue weighted by Crippen LogP contribution is 2.45. The zero-order chi connectivity index (χ0) is 11.9. The van der Waals surface area contributed by atoms with Crippen molar-refractivity contribution in [1.29, 1.82) is 0 Å². The number of aromatic carboxylic acids is 1. The van der Waals surface area contributed by atoms with Crippen molar-refractivity contribution in [3.05, 3.63) is 27.7 Å². The van der Waals surface area contributed by atoms with Crippen LogP contribution < -0.4 is 5.73 Å². The van der Waals surface area contributed by atoms with E-state index in [1.54, 1.807) is 6.07 Å². The lowest BCUT2D eigenvalue weighted by molar-refractivity contribution is 0.0693. The lowest BCUT2D eigenvalue weighted by Gasteiger charge is -2.16. The molecule has 0 heterocycles. The smallest absolute Gasteiger partial charge is 0.339 e. The molecule has 2 rings (SSSR count). The minimum absolute atomic E-state index is 0. The number of benzene rings is 1. The highest BCUT2D eigenvalue weighted by atomic mass is 79.9. The summed E-state index contributed by atoms with van der Waals surface area (Å²) in [7, 11) is 0. The monoisotopic (exact) mass is 321 g/mol. The Balaban J connectivity index is 0.00000144. The topological polar surface area (TPSA) is 83.6 Å². The Bertz CT molecular complexity index is 449. The first-order valence-corrected chi connectivity index (χ1v) is 5.82. The van der Waals surface area contributed by atoms with E-state index in [1.807, 2.05) is 0 Å². The van der Waals surface area contributed by atoms with Crippen molar-refractivity contribution >= 4 is 34.3 Å². The minimum Gasteiger partial charge on any atom is -0.507 e. The largest absolute Gasteiger partial charge is 0.507 e. The Kier molecular flexibility index (Phi) is 4.41. The minimum atomic E-state index is -1.14. The molecule has 1 aromatic rings. The van der Waals surface area contributed by atoms with Gasteiger partial charge in [-0.15, -0.1) is 12.4 Å². The summed E-state index contributed by atoms with van der Waals surface area (Å²) in [5.74, 6) is -1.01. The Morgan fingerprint density at radius 1 is 1.47 bits per heavy atom. The molecule has 0 unspecified atom stereocenters. The van der Waals surface area contributed by atoms with Gasteiger partial charge in [-0.2, -0.15) is 0 Å². The van der Waals surface area contributed by atoms with Gasteiger partial charge in [0.05, 0.1) is 0 Å².